The van der Waals surface area contributed by atoms with E-state index in [2.05, 4.69) is 19.2 Å². The lowest BCUT2D eigenvalue weighted by molar-refractivity contribution is 0.0604. The minimum absolute atomic E-state index is 0.218. The van der Waals surface area contributed by atoms with Crippen LogP contribution in [0.15, 0.2) is 18.2 Å². The summed E-state index contributed by atoms with van der Waals surface area (Å²) in [6.45, 7) is 7.32. The van der Waals surface area contributed by atoms with Crippen LogP contribution in [-0.2, 0) is 22.6 Å². The van der Waals surface area contributed by atoms with Crippen LogP contribution >= 0.6 is 0 Å². The predicted molar refractivity (Wildman–Crippen MR) is 74.5 cm³/mol. The minimum Gasteiger partial charge on any atom is -0.382 e. The van der Waals surface area contributed by atoms with Crippen molar-refractivity contribution in [2.24, 2.45) is 5.92 Å². The van der Waals surface area contributed by atoms with Gasteiger partial charge in [0, 0.05) is 19.2 Å². The first-order valence-electron chi connectivity index (χ1n) is 6.68. The van der Waals surface area contributed by atoms with E-state index >= 15 is 0 Å². The van der Waals surface area contributed by atoms with Gasteiger partial charge in [-0.3, -0.25) is 0 Å². The number of methoxy groups -OCH3 is 1. The van der Waals surface area contributed by atoms with E-state index < -0.39 is 0 Å². The number of hydrogen-bond acceptors (Lipinski definition) is 3. The molecule has 0 aliphatic rings. The Kier molecular flexibility index (Phi) is 7.63. The lowest BCUT2D eigenvalue weighted by Crippen LogP contribution is -2.19. The van der Waals surface area contributed by atoms with Crippen LogP contribution in [0.4, 0.5) is 4.39 Å². The number of halogens is 1. The summed E-state index contributed by atoms with van der Waals surface area (Å²) in [5.74, 6) is 0.391. The number of benzene rings is 1. The van der Waals surface area contributed by atoms with Gasteiger partial charge < -0.3 is 14.8 Å². The molecule has 0 saturated carbocycles. The first-order chi connectivity index (χ1) is 9.13. The average Bonchev–Trinajstić information content (AvgIpc) is 2.37. The Balaban J connectivity index is 2.46. The summed E-state index contributed by atoms with van der Waals surface area (Å²) in [7, 11) is 1.62. The van der Waals surface area contributed by atoms with Crippen molar-refractivity contribution in [3.63, 3.8) is 0 Å². The molecule has 0 aliphatic carbocycles. The highest BCUT2D eigenvalue weighted by molar-refractivity contribution is 5.24. The average molecular weight is 269 g/mol. The topological polar surface area (TPSA) is 30.5 Å². The van der Waals surface area contributed by atoms with Gasteiger partial charge in [0.15, 0.2) is 0 Å². The van der Waals surface area contributed by atoms with Gasteiger partial charge in [-0.1, -0.05) is 19.9 Å². The lowest BCUT2D eigenvalue weighted by Gasteiger charge is -2.10. The van der Waals surface area contributed by atoms with Crippen LogP contribution in [0, 0.1) is 11.7 Å². The zero-order chi connectivity index (χ0) is 14.1. The molecule has 0 saturated heterocycles. The Hall–Kier alpha value is -0.970. The number of rotatable bonds is 9. The standard InChI is InChI=1S/C15H24FNO2/c1-12(2)9-17-10-13-4-5-15(16)14(8-13)11-19-7-6-18-3/h4-5,8,12,17H,6-7,9-11H2,1-3H3. The van der Waals surface area contributed by atoms with Crippen molar-refractivity contribution >= 4 is 0 Å². The molecule has 0 spiro atoms. The normalized spacial score (nSPS) is 11.2. The van der Waals surface area contributed by atoms with Gasteiger partial charge in [0.2, 0.25) is 0 Å². The largest absolute Gasteiger partial charge is 0.382 e. The Morgan fingerprint density at radius 1 is 1.26 bits per heavy atom. The fraction of sp³-hybridized carbons (Fsp3) is 0.600. The molecule has 0 fully saturated rings. The highest BCUT2D eigenvalue weighted by Crippen LogP contribution is 2.12. The van der Waals surface area contributed by atoms with Gasteiger partial charge in [-0.25, -0.2) is 4.39 Å². The fourth-order valence-corrected chi connectivity index (χ4v) is 1.68. The predicted octanol–water partition coefficient (Wildman–Crippen LogP) is 2.73. The third-order valence-corrected chi connectivity index (χ3v) is 2.68. The highest BCUT2D eigenvalue weighted by atomic mass is 19.1. The van der Waals surface area contributed by atoms with Crippen LogP contribution in [0.1, 0.15) is 25.0 Å². The van der Waals surface area contributed by atoms with Crippen molar-refractivity contribution in [3.8, 4) is 0 Å². The molecule has 0 atom stereocenters. The third-order valence-electron chi connectivity index (χ3n) is 2.68. The van der Waals surface area contributed by atoms with Crippen LogP contribution in [0.2, 0.25) is 0 Å². The zero-order valence-electron chi connectivity index (χ0n) is 12.0. The second-order valence-corrected chi connectivity index (χ2v) is 5.00. The van der Waals surface area contributed by atoms with E-state index in [1.54, 1.807) is 13.2 Å². The summed E-state index contributed by atoms with van der Waals surface area (Å²) < 4.78 is 23.8. The Morgan fingerprint density at radius 2 is 2.05 bits per heavy atom. The smallest absolute Gasteiger partial charge is 0.128 e. The summed E-state index contributed by atoms with van der Waals surface area (Å²) in [4.78, 5) is 0. The van der Waals surface area contributed by atoms with Gasteiger partial charge in [-0.2, -0.15) is 0 Å². The maximum absolute atomic E-state index is 13.6. The van der Waals surface area contributed by atoms with Crippen molar-refractivity contribution < 1.29 is 13.9 Å². The van der Waals surface area contributed by atoms with Gasteiger partial charge in [-0.05, 0) is 30.2 Å². The molecule has 0 aromatic heterocycles. The molecule has 19 heavy (non-hydrogen) atoms. The van der Waals surface area contributed by atoms with Crippen molar-refractivity contribution in [1.29, 1.82) is 0 Å². The first-order valence-corrected chi connectivity index (χ1v) is 6.68. The summed E-state index contributed by atoms with van der Waals surface area (Å²) in [5, 5.41) is 3.34. The molecule has 0 bridgehead atoms. The van der Waals surface area contributed by atoms with E-state index in [9.17, 15) is 4.39 Å². The van der Waals surface area contributed by atoms with Gasteiger partial charge >= 0.3 is 0 Å². The van der Waals surface area contributed by atoms with Crippen LogP contribution < -0.4 is 5.32 Å². The van der Waals surface area contributed by atoms with Gasteiger partial charge in [0.1, 0.15) is 5.82 Å². The SMILES string of the molecule is COCCOCc1cc(CNCC(C)C)ccc1F. The molecule has 108 valence electrons. The van der Waals surface area contributed by atoms with Crippen LogP contribution in [0.5, 0.6) is 0 Å². The lowest BCUT2D eigenvalue weighted by atomic mass is 10.1. The second kappa shape index (κ2) is 9.02. The van der Waals surface area contributed by atoms with Crippen LogP contribution in [0.3, 0.4) is 0 Å². The number of hydrogen-bond donors (Lipinski definition) is 1. The van der Waals surface area contributed by atoms with E-state index in [1.165, 1.54) is 6.07 Å². The van der Waals surface area contributed by atoms with Gasteiger partial charge in [-0.15, -0.1) is 0 Å². The van der Waals surface area contributed by atoms with E-state index in [4.69, 9.17) is 9.47 Å². The van der Waals surface area contributed by atoms with E-state index in [0.717, 1.165) is 18.7 Å². The quantitative estimate of drug-likeness (QED) is 0.699. The molecule has 1 rings (SSSR count). The maximum atomic E-state index is 13.6. The zero-order valence-corrected chi connectivity index (χ0v) is 12.0. The summed E-state index contributed by atoms with van der Waals surface area (Å²) >= 11 is 0. The fourth-order valence-electron chi connectivity index (χ4n) is 1.68. The highest BCUT2D eigenvalue weighted by Gasteiger charge is 2.04. The van der Waals surface area contributed by atoms with E-state index in [0.29, 0.717) is 24.7 Å². The summed E-state index contributed by atoms with van der Waals surface area (Å²) in [6, 6.07) is 5.16. The number of nitrogens with one attached hydrogen (secondary N) is 1. The molecule has 0 radical (unpaired) electrons. The molecule has 1 aromatic rings. The first kappa shape index (κ1) is 16.1. The Labute approximate surface area is 115 Å². The second-order valence-electron chi connectivity index (χ2n) is 5.00. The van der Waals surface area contributed by atoms with E-state index in [1.807, 2.05) is 6.07 Å². The van der Waals surface area contributed by atoms with Gasteiger partial charge in [0.05, 0.1) is 19.8 Å². The van der Waals surface area contributed by atoms with Crippen LogP contribution in [-0.4, -0.2) is 26.9 Å². The molecule has 0 unspecified atom stereocenters. The molecular weight excluding hydrogens is 245 g/mol. The van der Waals surface area contributed by atoms with Crippen LogP contribution in [0.25, 0.3) is 0 Å². The van der Waals surface area contributed by atoms with Crippen molar-refractivity contribution in [1.82, 2.24) is 5.32 Å². The summed E-state index contributed by atoms with van der Waals surface area (Å²) in [5.41, 5.74) is 1.67. The molecule has 0 heterocycles. The molecule has 1 N–H and O–H groups in total. The molecule has 1 aromatic carbocycles. The maximum Gasteiger partial charge on any atom is 0.128 e. The Morgan fingerprint density at radius 3 is 2.74 bits per heavy atom. The third kappa shape index (κ3) is 6.66. The minimum atomic E-state index is -0.218. The van der Waals surface area contributed by atoms with Crippen molar-refractivity contribution in [2.45, 2.75) is 27.0 Å². The van der Waals surface area contributed by atoms with Crippen molar-refractivity contribution in [2.75, 3.05) is 26.9 Å². The van der Waals surface area contributed by atoms with E-state index in [-0.39, 0.29) is 12.4 Å². The molecule has 0 amide bonds. The molecule has 4 heteroatoms. The summed E-state index contributed by atoms with van der Waals surface area (Å²) in [6.07, 6.45) is 0. The number of ether oxygens (including phenoxy) is 2. The Bertz CT molecular complexity index is 369. The molecular formula is C15H24FNO2. The molecule has 3 nitrogen and oxygen atoms in total. The molecule has 0 aliphatic heterocycles. The monoisotopic (exact) mass is 269 g/mol. The van der Waals surface area contributed by atoms with Gasteiger partial charge in [0.25, 0.3) is 0 Å². The van der Waals surface area contributed by atoms with Crippen molar-refractivity contribution in [3.05, 3.63) is 35.1 Å².